The van der Waals surface area contributed by atoms with Gasteiger partial charge in [-0.05, 0) is 67.7 Å². The molecular weight excluding hydrogens is 464 g/mol. The lowest BCUT2D eigenvalue weighted by molar-refractivity contribution is 0.171. The minimum Gasteiger partial charge on any atom is -0.486 e. The van der Waals surface area contributed by atoms with Crippen molar-refractivity contribution < 1.29 is 18.6 Å². The zero-order valence-electron chi connectivity index (χ0n) is 21.2. The first-order chi connectivity index (χ1) is 18.2. The van der Waals surface area contributed by atoms with E-state index in [1.54, 1.807) is 0 Å². The monoisotopic (exact) mass is 496 g/mol. The molecule has 3 aromatic carbocycles. The minimum absolute atomic E-state index is 0.269. The normalized spacial score (nSPS) is 15.5. The van der Waals surface area contributed by atoms with Crippen LogP contribution in [0.4, 0.5) is 0 Å². The van der Waals surface area contributed by atoms with Crippen LogP contribution in [-0.2, 0) is 13.2 Å². The number of benzene rings is 3. The quantitative estimate of drug-likeness (QED) is 0.285. The van der Waals surface area contributed by atoms with Crippen LogP contribution in [0.2, 0.25) is 0 Å². The van der Waals surface area contributed by atoms with Crippen molar-refractivity contribution in [2.24, 2.45) is 0 Å². The largest absolute Gasteiger partial charge is 0.486 e. The van der Waals surface area contributed by atoms with Gasteiger partial charge in [-0.2, -0.15) is 0 Å². The van der Waals surface area contributed by atoms with Crippen molar-refractivity contribution in [3.8, 4) is 39.6 Å². The third kappa shape index (κ3) is 5.20. The standard InChI is InChI=1S/C31H32N2O4/c1-22-25(24-13-14-27-28(19-24)35-18-17-34-27)11-8-12-26(22)36-21-30-32-31(23-9-4-2-5-10-23)29(37-30)20-33-15-6-3-7-16-33/h2,4-5,8-14,19H,3,6-7,15-18,20-21H2,1H3. The van der Waals surface area contributed by atoms with Crippen molar-refractivity contribution in [2.75, 3.05) is 26.3 Å². The first kappa shape index (κ1) is 23.6. The molecule has 6 heteroatoms. The second kappa shape index (κ2) is 10.7. The Morgan fingerprint density at radius 3 is 2.49 bits per heavy atom. The lowest BCUT2D eigenvalue weighted by atomic mass is 9.99. The number of nitrogens with zero attached hydrogens (tertiary/aromatic N) is 2. The van der Waals surface area contributed by atoms with E-state index in [1.165, 1.54) is 19.3 Å². The summed E-state index contributed by atoms with van der Waals surface area (Å²) in [6.45, 7) is 6.48. The van der Waals surface area contributed by atoms with Crippen LogP contribution in [0.15, 0.2) is 71.1 Å². The second-order valence-electron chi connectivity index (χ2n) is 9.66. The number of hydrogen-bond donors (Lipinski definition) is 0. The Labute approximate surface area is 217 Å². The van der Waals surface area contributed by atoms with Gasteiger partial charge in [0.05, 0.1) is 6.54 Å². The third-order valence-electron chi connectivity index (χ3n) is 7.09. The molecule has 0 N–H and O–H groups in total. The highest BCUT2D eigenvalue weighted by Gasteiger charge is 2.20. The SMILES string of the molecule is Cc1c(OCc2nc(-c3ccccc3)c(CN3CCCCC3)o2)cccc1-c1ccc2c(c1)OCCO2. The molecule has 3 heterocycles. The van der Waals surface area contributed by atoms with Gasteiger partial charge in [-0.25, -0.2) is 4.98 Å². The predicted octanol–water partition coefficient (Wildman–Crippen LogP) is 6.65. The van der Waals surface area contributed by atoms with Gasteiger partial charge in [0.2, 0.25) is 5.89 Å². The maximum atomic E-state index is 6.30. The number of oxazole rings is 1. The summed E-state index contributed by atoms with van der Waals surface area (Å²) in [7, 11) is 0. The Morgan fingerprint density at radius 1 is 0.838 bits per heavy atom. The molecule has 1 saturated heterocycles. The number of likely N-dealkylation sites (tertiary alicyclic amines) is 1. The van der Waals surface area contributed by atoms with Crippen LogP contribution in [0.25, 0.3) is 22.4 Å². The summed E-state index contributed by atoms with van der Waals surface area (Å²) in [6.07, 6.45) is 3.79. The summed E-state index contributed by atoms with van der Waals surface area (Å²) < 4.78 is 24.0. The third-order valence-corrected chi connectivity index (χ3v) is 7.09. The first-order valence-corrected chi connectivity index (χ1v) is 13.1. The average molecular weight is 497 g/mol. The van der Waals surface area contributed by atoms with E-state index in [-0.39, 0.29) is 6.61 Å². The zero-order valence-corrected chi connectivity index (χ0v) is 21.2. The summed E-state index contributed by atoms with van der Waals surface area (Å²) in [6, 6.07) is 22.5. The average Bonchev–Trinajstić information content (AvgIpc) is 3.35. The summed E-state index contributed by atoms with van der Waals surface area (Å²) in [4.78, 5) is 7.33. The molecule has 0 amide bonds. The summed E-state index contributed by atoms with van der Waals surface area (Å²) in [5.41, 5.74) is 5.20. The Morgan fingerprint density at radius 2 is 1.65 bits per heavy atom. The van der Waals surface area contributed by atoms with Crippen LogP contribution in [0, 0.1) is 6.92 Å². The maximum absolute atomic E-state index is 6.30. The molecule has 0 radical (unpaired) electrons. The fraction of sp³-hybridized carbons (Fsp3) is 0.323. The molecule has 0 bridgehead atoms. The summed E-state index contributed by atoms with van der Waals surface area (Å²) >= 11 is 0. The number of aromatic nitrogens is 1. The lowest BCUT2D eigenvalue weighted by Gasteiger charge is -2.25. The topological polar surface area (TPSA) is 57.0 Å². The van der Waals surface area contributed by atoms with Crippen LogP contribution in [0.1, 0.15) is 36.5 Å². The fourth-order valence-electron chi connectivity index (χ4n) is 5.15. The molecule has 0 spiro atoms. The number of hydrogen-bond acceptors (Lipinski definition) is 6. The van der Waals surface area contributed by atoms with Gasteiger partial charge in [-0.15, -0.1) is 0 Å². The number of fused-ring (bicyclic) bond motifs is 1. The number of ether oxygens (including phenoxy) is 3. The van der Waals surface area contributed by atoms with Crippen LogP contribution in [0.5, 0.6) is 17.2 Å². The van der Waals surface area contributed by atoms with Crippen LogP contribution >= 0.6 is 0 Å². The number of piperidine rings is 1. The van der Waals surface area contributed by atoms with Crippen molar-refractivity contribution in [3.05, 3.63) is 83.9 Å². The molecule has 6 nitrogen and oxygen atoms in total. The Hall–Kier alpha value is -3.77. The first-order valence-electron chi connectivity index (χ1n) is 13.1. The van der Waals surface area contributed by atoms with Gasteiger partial charge in [0, 0.05) is 5.56 Å². The summed E-state index contributed by atoms with van der Waals surface area (Å²) in [5, 5.41) is 0. The van der Waals surface area contributed by atoms with Crippen molar-refractivity contribution >= 4 is 0 Å². The summed E-state index contributed by atoms with van der Waals surface area (Å²) in [5.74, 6) is 3.88. The van der Waals surface area contributed by atoms with E-state index in [4.69, 9.17) is 23.6 Å². The molecule has 0 unspecified atom stereocenters. The van der Waals surface area contributed by atoms with Gasteiger partial charge < -0.3 is 18.6 Å². The van der Waals surface area contributed by atoms with E-state index in [9.17, 15) is 0 Å². The molecule has 190 valence electrons. The van der Waals surface area contributed by atoms with Gasteiger partial charge in [0.15, 0.2) is 18.1 Å². The van der Waals surface area contributed by atoms with Crippen molar-refractivity contribution in [3.63, 3.8) is 0 Å². The Balaban J connectivity index is 1.23. The van der Waals surface area contributed by atoms with E-state index in [0.717, 1.165) is 70.6 Å². The van der Waals surface area contributed by atoms with Crippen LogP contribution in [0.3, 0.4) is 0 Å². The minimum atomic E-state index is 0.269. The molecule has 2 aliphatic rings. The molecule has 2 aliphatic heterocycles. The Kier molecular flexibility index (Phi) is 6.82. The van der Waals surface area contributed by atoms with Gasteiger partial charge >= 0.3 is 0 Å². The molecule has 6 rings (SSSR count). The number of rotatable bonds is 7. The van der Waals surface area contributed by atoms with Crippen molar-refractivity contribution in [2.45, 2.75) is 39.3 Å². The van der Waals surface area contributed by atoms with E-state index in [1.807, 2.05) is 42.5 Å². The second-order valence-corrected chi connectivity index (χ2v) is 9.66. The van der Waals surface area contributed by atoms with E-state index < -0.39 is 0 Å². The highest BCUT2D eigenvalue weighted by molar-refractivity contribution is 5.72. The highest BCUT2D eigenvalue weighted by atomic mass is 16.6. The van der Waals surface area contributed by atoms with Crippen molar-refractivity contribution in [1.82, 2.24) is 9.88 Å². The fourth-order valence-corrected chi connectivity index (χ4v) is 5.15. The molecule has 0 aliphatic carbocycles. The van der Waals surface area contributed by atoms with E-state index in [0.29, 0.717) is 19.1 Å². The molecule has 1 fully saturated rings. The van der Waals surface area contributed by atoms with Gasteiger partial charge in [-0.1, -0.05) is 55.0 Å². The smallest absolute Gasteiger partial charge is 0.233 e. The Bertz CT molecular complexity index is 1360. The maximum Gasteiger partial charge on any atom is 0.233 e. The highest BCUT2D eigenvalue weighted by Crippen LogP contribution is 2.37. The molecular formula is C31H32N2O4. The molecule has 37 heavy (non-hydrogen) atoms. The molecule has 4 aromatic rings. The van der Waals surface area contributed by atoms with Gasteiger partial charge in [0.1, 0.15) is 30.4 Å². The lowest BCUT2D eigenvalue weighted by Crippen LogP contribution is -2.29. The van der Waals surface area contributed by atoms with Gasteiger partial charge in [-0.3, -0.25) is 4.90 Å². The van der Waals surface area contributed by atoms with Gasteiger partial charge in [0.25, 0.3) is 0 Å². The van der Waals surface area contributed by atoms with Crippen LogP contribution < -0.4 is 14.2 Å². The predicted molar refractivity (Wildman–Crippen MR) is 143 cm³/mol. The zero-order chi connectivity index (χ0) is 25.0. The van der Waals surface area contributed by atoms with E-state index >= 15 is 0 Å². The molecule has 0 saturated carbocycles. The molecule has 0 atom stereocenters. The van der Waals surface area contributed by atoms with E-state index in [2.05, 4.69) is 36.1 Å². The van der Waals surface area contributed by atoms with Crippen LogP contribution in [-0.4, -0.2) is 36.2 Å². The van der Waals surface area contributed by atoms with Crippen molar-refractivity contribution in [1.29, 1.82) is 0 Å². The molecule has 1 aromatic heterocycles.